The first-order chi connectivity index (χ1) is 20.3. The Morgan fingerprint density at radius 1 is 1.16 bits per heavy atom. The topological polar surface area (TPSA) is 143 Å². The van der Waals surface area contributed by atoms with Crippen molar-refractivity contribution in [3.05, 3.63) is 75.7 Å². The number of ether oxygens (including phenoxy) is 2. The molecular weight excluding hydrogens is 592 g/mol. The highest BCUT2D eigenvalue weighted by Gasteiger charge is 2.61. The van der Waals surface area contributed by atoms with Crippen molar-refractivity contribution in [1.82, 2.24) is 15.2 Å². The normalized spacial score (nSPS) is 19.3. The highest BCUT2D eigenvalue weighted by molar-refractivity contribution is 5.80. The molecule has 1 N–H and O–H groups in total. The number of nitro groups is 1. The van der Waals surface area contributed by atoms with E-state index in [9.17, 15) is 41.3 Å². The number of nitrogens with zero attached hydrogens (tertiary/aromatic N) is 4. The van der Waals surface area contributed by atoms with Crippen LogP contribution in [0.15, 0.2) is 53.0 Å². The van der Waals surface area contributed by atoms with Crippen LogP contribution in [0.5, 0.6) is 0 Å². The number of carbonyl (C=O) groups excluding carboxylic acids is 1. The number of alkyl halides is 6. The maximum Gasteiger partial charge on any atom is 0.426 e. The number of hydrogen-bond acceptors (Lipinski definition) is 10. The van der Waals surface area contributed by atoms with E-state index in [4.69, 9.17) is 13.9 Å². The van der Waals surface area contributed by atoms with Crippen LogP contribution in [0.2, 0.25) is 0 Å². The first-order valence-corrected chi connectivity index (χ1v) is 12.7. The van der Waals surface area contributed by atoms with Crippen LogP contribution in [-0.2, 0) is 32.7 Å². The number of halogens is 6. The van der Waals surface area contributed by atoms with Crippen LogP contribution in [0, 0.1) is 10.1 Å². The van der Waals surface area contributed by atoms with Crippen molar-refractivity contribution in [2.75, 3.05) is 11.9 Å². The van der Waals surface area contributed by atoms with Crippen LogP contribution in [0.3, 0.4) is 0 Å². The van der Waals surface area contributed by atoms with Crippen LogP contribution in [0.25, 0.3) is 11.6 Å². The van der Waals surface area contributed by atoms with Crippen molar-refractivity contribution in [3.63, 3.8) is 0 Å². The van der Waals surface area contributed by atoms with E-state index in [-0.39, 0.29) is 25.5 Å². The molecule has 0 radical (unpaired) electrons. The third-order valence-electron chi connectivity index (χ3n) is 6.35. The van der Waals surface area contributed by atoms with Gasteiger partial charge in [0.05, 0.1) is 18.1 Å². The highest BCUT2D eigenvalue weighted by atomic mass is 19.4. The lowest BCUT2D eigenvalue weighted by Crippen LogP contribution is -2.45. The Morgan fingerprint density at radius 2 is 1.88 bits per heavy atom. The first-order valence-electron chi connectivity index (χ1n) is 12.7. The Balaban J connectivity index is 1.93. The molecule has 2 unspecified atom stereocenters. The van der Waals surface area contributed by atoms with Crippen molar-refractivity contribution in [3.8, 4) is 11.6 Å². The van der Waals surface area contributed by atoms with Gasteiger partial charge < -0.3 is 19.2 Å². The molecule has 0 amide bonds. The van der Waals surface area contributed by atoms with Crippen LogP contribution >= 0.6 is 0 Å². The number of nitrogens with one attached hydrogen (secondary N) is 1. The van der Waals surface area contributed by atoms with E-state index in [0.29, 0.717) is 5.56 Å². The minimum Gasteiger partial charge on any atom is -0.464 e. The Kier molecular flexibility index (Phi) is 9.03. The maximum atomic E-state index is 14.8. The summed E-state index contributed by atoms with van der Waals surface area (Å²) in [6.45, 7) is 0.766. The van der Waals surface area contributed by atoms with Gasteiger partial charge in [0.15, 0.2) is 0 Å². The molecule has 0 saturated carbocycles. The summed E-state index contributed by atoms with van der Waals surface area (Å²) in [6, 6.07) is 6.47. The molecule has 1 aromatic carbocycles. The lowest BCUT2D eigenvalue weighted by Gasteiger charge is -2.32. The molecule has 3 aromatic rings. The number of anilines is 1. The molecule has 2 atom stereocenters. The van der Waals surface area contributed by atoms with Crippen LogP contribution < -0.4 is 5.32 Å². The highest BCUT2D eigenvalue weighted by Crippen LogP contribution is 2.47. The Labute approximate surface area is 239 Å². The van der Waals surface area contributed by atoms with Gasteiger partial charge in [-0.3, -0.25) is 10.1 Å². The predicted molar refractivity (Wildman–Crippen MR) is 135 cm³/mol. The van der Waals surface area contributed by atoms with E-state index in [1.807, 2.05) is 0 Å². The molecule has 17 heteroatoms. The molecule has 0 spiro atoms. The summed E-state index contributed by atoms with van der Waals surface area (Å²) in [5, 5.41) is 21.0. The van der Waals surface area contributed by atoms with Gasteiger partial charge in [-0.05, 0) is 31.7 Å². The molecule has 4 rings (SSSR count). The van der Waals surface area contributed by atoms with Crippen LogP contribution in [0.1, 0.15) is 43.2 Å². The van der Waals surface area contributed by atoms with Gasteiger partial charge in [-0.1, -0.05) is 42.5 Å². The fourth-order valence-electron chi connectivity index (χ4n) is 4.23. The van der Waals surface area contributed by atoms with Gasteiger partial charge >= 0.3 is 24.0 Å². The van der Waals surface area contributed by atoms with Gasteiger partial charge in [0.1, 0.15) is 17.4 Å². The third kappa shape index (κ3) is 6.76. The zero-order valence-electron chi connectivity index (χ0n) is 22.2. The number of carbonyl (C=O) groups is 1. The molecule has 2 aromatic heterocycles. The van der Waals surface area contributed by atoms with Gasteiger partial charge in [-0.15, -0.1) is 10.2 Å². The van der Waals surface area contributed by atoms with Crippen LogP contribution in [0.4, 0.5) is 37.8 Å². The second kappa shape index (κ2) is 12.4. The summed E-state index contributed by atoms with van der Waals surface area (Å²) in [6.07, 6.45) is -9.26. The third-order valence-corrected chi connectivity index (χ3v) is 6.35. The molecule has 0 fully saturated rings. The quantitative estimate of drug-likeness (QED) is 0.113. The summed E-state index contributed by atoms with van der Waals surface area (Å²) in [5.74, 6) is -4.15. The molecule has 4 bridgehead atoms. The second-order valence-corrected chi connectivity index (χ2v) is 9.21. The van der Waals surface area contributed by atoms with E-state index in [1.165, 1.54) is 31.2 Å². The van der Waals surface area contributed by atoms with Crippen molar-refractivity contribution in [1.29, 1.82) is 0 Å². The van der Waals surface area contributed by atoms with E-state index in [1.54, 1.807) is 18.2 Å². The molecular formula is C26H23F6N5O6. The molecule has 3 heterocycles. The smallest absolute Gasteiger partial charge is 0.426 e. The first kappa shape index (κ1) is 31.4. The molecule has 1 aliphatic rings. The van der Waals surface area contributed by atoms with Crippen molar-refractivity contribution in [2.45, 2.75) is 56.8 Å². The van der Waals surface area contributed by atoms with E-state index in [2.05, 4.69) is 20.5 Å². The molecule has 230 valence electrons. The van der Waals surface area contributed by atoms with Crippen molar-refractivity contribution < 1.29 is 50.0 Å². The van der Waals surface area contributed by atoms with Gasteiger partial charge in [-0.2, -0.15) is 26.3 Å². The van der Waals surface area contributed by atoms with Crippen molar-refractivity contribution in [2.24, 2.45) is 0 Å². The number of allylic oxidation sites excluding steroid dienone is 1. The minimum atomic E-state index is -5.20. The molecule has 0 saturated heterocycles. The standard InChI is InChI=1S/C26H23F6N5O6/c1-2-41-22(38)17-11-7-4-8-12-24(26(30,31)32,42-14-15-9-5-3-6-10-15)23-36-35-21(43-23)19-18(37(39)40)13-16(25(27,28)29)20(33-17)34-19/h3-7,9-10,13,17H,2,8,11-12,14H2,1H3,(H,33,34). The molecule has 43 heavy (non-hydrogen) atoms. The number of hydrogen-bond donors (Lipinski definition) is 1. The summed E-state index contributed by atoms with van der Waals surface area (Å²) in [4.78, 5) is 26.8. The number of aromatic nitrogens is 3. The summed E-state index contributed by atoms with van der Waals surface area (Å²) >= 11 is 0. The average molecular weight is 615 g/mol. The van der Waals surface area contributed by atoms with Gasteiger partial charge in [0, 0.05) is 6.07 Å². The zero-order chi connectivity index (χ0) is 31.4. The summed E-state index contributed by atoms with van der Waals surface area (Å²) in [7, 11) is 0. The van der Waals surface area contributed by atoms with Gasteiger partial charge in [0.2, 0.25) is 11.3 Å². The Bertz CT molecular complexity index is 1490. The summed E-state index contributed by atoms with van der Waals surface area (Å²) < 4.78 is 102. The molecule has 1 aliphatic heterocycles. The fraction of sp³-hybridized carbons (Fsp3) is 0.385. The lowest BCUT2D eigenvalue weighted by atomic mass is 9.95. The minimum absolute atomic E-state index is 0.112. The Morgan fingerprint density at radius 3 is 2.51 bits per heavy atom. The number of benzene rings is 1. The van der Waals surface area contributed by atoms with Gasteiger partial charge in [0.25, 0.3) is 11.8 Å². The van der Waals surface area contributed by atoms with E-state index in [0.717, 1.165) is 0 Å². The SMILES string of the molecule is CCOC(=O)C1CC=CCCC(OCc2ccccc2)(C(F)(F)F)c2nnc(o2)-c2nc(c(C(F)(F)F)cc2[N+](=O)[O-])N1. The molecule has 0 aliphatic carbocycles. The fourth-order valence-corrected chi connectivity index (χ4v) is 4.23. The van der Waals surface area contributed by atoms with Crippen LogP contribution in [-0.4, -0.2) is 44.9 Å². The monoisotopic (exact) mass is 615 g/mol. The van der Waals surface area contributed by atoms with Crippen molar-refractivity contribution >= 4 is 17.5 Å². The maximum absolute atomic E-state index is 14.8. The number of fused-ring (bicyclic) bond motifs is 5. The second-order valence-electron chi connectivity index (χ2n) is 9.21. The Hall–Kier alpha value is -4.54. The number of pyridine rings is 1. The van der Waals surface area contributed by atoms with E-state index < -0.39 is 82.5 Å². The number of esters is 1. The van der Waals surface area contributed by atoms with Gasteiger partial charge in [-0.25, -0.2) is 9.78 Å². The zero-order valence-corrected chi connectivity index (χ0v) is 22.2. The molecule has 11 nitrogen and oxygen atoms in total. The average Bonchev–Trinajstić information content (AvgIpc) is 3.43. The summed E-state index contributed by atoms with van der Waals surface area (Å²) in [5.41, 5.74) is -6.73. The predicted octanol–water partition coefficient (Wildman–Crippen LogP) is 6.12. The number of rotatable bonds is 6. The van der Waals surface area contributed by atoms with E-state index >= 15 is 0 Å². The lowest BCUT2D eigenvalue weighted by molar-refractivity contribution is -0.384. The largest absolute Gasteiger partial charge is 0.464 e.